The molecule has 8 nitrogen and oxygen atoms in total. The van der Waals surface area contributed by atoms with Gasteiger partial charge in [-0.25, -0.2) is 0 Å². The number of esters is 1. The second-order valence-electron chi connectivity index (χ2n) is 7.96. The number of imide groups is 1. The Morgan fingerprint density at radius 3 is 1.91 bits per heavy atom. The van der Waals surface area contributed by atoms with E-state index in [4.69, 9.17) is 9.47 Å². The maximum atomic E-state index is 13.7. The van der Waals surface area contributed by atoms with Gasteiger partial charge in [0.2, 0.25) is 5.72 Å². The molecule has 0 aliphatic carbocycles. The van der Waals surface area contributed by atoms with Gasteiger partial charge < -0.3 is 9.47 Å². The minimum Gasteiger partial charge on any atom is -0.497 e. The lowest BCUT2D eigenvalue weighted by atomic mass is 9.81. The highest BCUT2D eigenvalue weighted by Gasteiger charge is 2.70. The van der Waals surface area contributed by atoms with Gasteiger partial charge >= 0.3 is 5.97 Å². The molecule has 3 aromatic carbocycles. The molecular formula is C26H20N2O6. The Morgan fingerprint density at radius 2 is 1.38 bits per heavy atom. The summed E-state index contributed by atoms with van der Waals surface area (Å²) < 4.78 is 11.1. The SMILES string of the molecule is COc1ccc(N2C(=O)[C@@H](N3C(=O)c4ccccc4C3=O)[C@]2(OC(C)=O)c2ccccc2)cc1. The summed E-state index contributed by atoms with van der Waals surface area (Å²) in [6.45, 7) is 1.22. The van der Waals surface area contributed by atoms with E-state index < -0.39 is 35.5 Å². The van der Waals surface area contributed by atoms with Crippen molar-refractivity contribution in [3.8, 4) is 5.75 Å². The van der Waals surface area contributed by atoms with Crippen LogP contribution in [0.2, 0.25) is 0 Å². The van der Waals surface area contributed by atoms with Gasteiger partial charge in [-0.2, -0.15) is 0 Å². The first-order chi connectivity index (χ1) is 16.4. The van der Waals surface area contributed by atoms with Crippen LogP contribution in [0.5, 0.6) is 5.75 Å². The maximum Gasteiger partial charge on any atom is 0.305 e. The van der Waals surface area contributed by atoms with Crippen LogP contribution >= 0.6 is 0 Å². The van der Waals surface area contributed by atoms with E-state index in [0.29, 0.717) is 17.0 Å². The van der Waals surface area contributed by atoms with Crippen molar-refractivity contribution in [1.82, 2.24) is 4.90 Å². The van der Waals surface area contributed by atoms with Crippen molar-refractivity contribution in [2.24, 2.45) is 0 Å². The molecule has 3 aromatic rings. The van der Waals surface area contributed by atoms with Crippen molar-refractivity contribution >= 4 is 29.4 Å². The van der Waals surface area contributed by atoms with Crippen LogP contribution in [0, 0.1) is 0 Å². The van der Waals surface area contributed by atoms with E-state index in [0.717, 1.165) is 4.90 Å². The van der Waals surface area contributed by atoms with Gasteiger partial charge in [-0.3, -0.25) is 29.0 Å². The number of β-lactam (4-membered cyclic amide) rings is 1. The molecule has 1 saturated heterocycles. The summed E-state index contributed by atoms with van der Waals surface area (Å²) in [6, 6.07) is 20.3. The molecule has 8 heteroatoms. The Morgan fingerprint density at radius 1 is 0.824 bits per heavy atom. The fraction of sp³-hybridized carbons (Fsp3) is 0.154. The zero-order valence-corrected chi connectivity index (χ0v) is 18.4. The Hall–Kier alpha value is -4.46. The number of anilines is 1. The highest BCUT2D eigenvalue weighted by atomic mass is 16.6. The Bertz CT molecular complexity index is 1290. The van der Waals surface area contributed by atoms with Crippen LogP contribution in [0.4, 0.5) is 5.69 Å². The summed E-state index contributed by atoms with van der Waals surface area (Å²) in [5.74, 6) is -1.87. The number of amides is 3. The zero-order chi connectivity index (χ0) is 24.0. The molecule has 0 bridgehead atoms. The third-order valence-corrected chi connectivity index (χ3v) is 6.06. The second-order valence-corrected chi connectivity index (χ2v) is 7.96. The predicted molar refractivity (Wildman–Crippen MR) is 121 cm³/mol. The summed E-state index contributed by atoms with van der Waals surface area (Å²) in [4.78, 5) is 54.9. The highest BCUT2D eigenvalue weighted by molar-refractivity contribution is 6.25. The van der Waals surface area contributed by atoms with Gasteiger partial charge in [-0.05, 0) is 36.4 Å². The fourth-order valence-corrected chi connectivity index (χ4v) is 4.63. The molecule has 0 radical (unpaired) electrons. The van der Waals surface area contributed by atoms with Crippen molar-refractivity contribution in [3.05, 3.63) is 95.6 Å². The lowest BCUT2D eigenvalue weighted by molar-refractivity contribution is -0.183. The first kappa shape index (κ1) is 21.4. The smallest absolute Gasteiger partial charge is 0.305 e. The summed E-state index contributed by atoms with van der Waals surface area (Å²) in [5.41, 5.74) is -0.474. The second kappa shape index (κ2) is 7.84. The van der Waals surface area contributed by atoms with E-state index in [2.05, 4.69) is 0 Å². The molecule has 0 N–H and O–H groups in total. The van der Waals surface area contributed by atoms with Crippen LogP contribution in [0.3, 0.4) is 0 Å². The summed E-state index contributed by atoms with van der Waals surface area (Å²) in [7, 11) is 1.52. The van der Waals surface area contributed by atoms with E-state index in [-0.39, 0.29) is 11.1 Å². The third kappa shape index (κ3) is 2.92. The number of rotatable bonds is 5. The quantitative estimate of drug-likeness (QED) is 0.333. The standard InChI is InChI=1S/C26H20N2O6/c1-16(29)34-26(17-8-4-3-5-9-17)22(25(32)28(26)18-12-14-19(33-2)15-13-18)27-23(30)20-10-6-7-11-21(20)24(27)31/h3-15,22H,1-2H3/t22-,26-/m1/s1. The van der Waals surface area contributed by atoms with Crippen LogP contribution in [0.25, 0.3) is 0 Å². The van der Waals surface area contributed by atoms with Crippen molar-refractivity contribution in [3.63, 3.8) is 0 Å². The largest absolute Gasteiger partial charge is 0.497 e. The van der Waals surface area contributed by atoms with Crippen LogP contribution in [-0.4, -0.2) is 41.7 Å². The van der Waals surface area contributed by atoms with E-state index in [1.165, 1.54) is 31.1 Å². The maximum absolute atomic E-state index is 13.7. The van der Waals surface area contributed by atoms with Crippen molar-refractivity contribution in [2.75, 3.05) is 12.0 Å². The lowest BCUT2D eigenvalue weighted by Crippen LogP contribution is -2.79. The van der Waals surface area contributed by atoms with E-state index in [9.17, 15) is 19.2 Å². The normalized spacial score (nSPS) is 21.2. The predicted octanol–water partition coefficient (Wildman–Crippen LogP) is 3.12. The van der Waals surface area contributed by atoms with Gasteiger partial charge in [0.25, 0.3) is 17.7 Å². The number of carbonyl (C=O) groups is 4. The van der Waals surface area contributed by atoms with Crippen LogP contribution < -0.4 is 9.64 Å². The zero-order valence-electron chi connectivity index (χ0n) is 18.4. The van der Waals surface area contributed by atoms with Gasteiger partial charge in [-0.15, -0.1) is 0 Å². The lowest BCUT2D eigenvalue weighted by Gasteiger charge is -2.57. The molecule has 2 aliphatic heterocycles. The molecule has 2 heterocycles. The van der Waals surface area contributed by atoms with Crippen LogP contribution in [-0.2, 0) is 20.1 Å². The van der Waals surface area contributed by atoms with E-state index in [1.54, 1.807) is 66.7 Å². The van der Waals surface area contributed by atoms with Gasteiger partial charge in [0.15, 0.2) is 6.04 Å². The van der Waals surface area contributed by atoms with Crippen molar-refractivity contribution < 1.29 is 28.7 Å². The number of hydrogen-bond donors (Lipinski definition) is 0. The average molecular weight is 456 g/mol. The Labute approximate surface area is 195 Å². The molecule has 5 rings (SSSR count). The van der Waals surface area contributed by atoms with Crippen LogP contribution in [0.1, 0.15) is 33.2 Å². The van der Waals surface area contributed by atoms with Gasteiger partial charge in [-0.1, -0.05) is 42.5 Å². The monoisotopic (exact) mass is 456 g/mol. The number of ether oxygens (including phenoxy) is 2. The number of carbonyl (C=O) groups excluding carboxylic acids is 4. The Balaban J connectivity index is 1.70. The topological polar surface area (TPSA) is 93.2 Å². The van der Waals surface area contributed by atoms with Gasteiger partial charge in [0, 0.05) is 18.2 Å². The minimum atomic E-state index is -1.74. The van der Waals surface area contributed by atoms with Crippen molar-refractivity contribution in [1.29, 1.82) is 0 Å². The Kier molecular flexibility index (Phi) is 4.93. The molecule has 3 amide bonds. The first-order valence-electron chi connectivity index (χ1n) is 10.6. The molecule has 2 atom stereocenters. The molecule has 1 fully saturated rings. The highest BCUT2D eigenvalue weighted by Crippen LogP contribution is 2.50. The molecule has 0 aromatic heterocycles. The van der Waals surface area contributed by atoms with Crippen molar-refractivity contribution in [2.45, 2.75) is 18.7 Å². The number of benzene rings is 3. The van der Waals surface area contributed by atoms with Gasteiger partial charge in [0.1, 0.15) is 5.75 Å². The van der Waals surface area contributed by atoms with Gasteiger partial charge in [0.05, 0.1) is 18.2 Å². The number of fused-ring (bicyclic) bond motifs is 1. The first-order valence-corrected chi connectivity index (χ1v) is 10.6. The number of methoxy groups -OCH3 is 1. The molecule has 34 heavy (non-hydrogen) atoms. The molecule has 0 unspecified atom stereocenters. The summed E-state index contributed by atoms with van der Waals surface area (Å²) in [6.07, 6.45) is 0. The fourth-order valence-electron chi connectivity index (χ4n) is 4.63. The molecule has 0 saturated carbocycles. The summed E-state index contributed by atoms with van der Waals surface area (Å²) in [5, 5.41) is 0. The van der Waals surface area contributed by atoms with Crippen LogP contribution in [0.15, 0.2) is 78.9 Å². The average Bonchev–Trinajstić information content (AvgIpc) is 3.09. The third-order valence-electron chi connectivity index (χ3n) is 6.06. The molecule has 2 aliphatic rings. The molecule has 0 spiro atoms. The molecule has 170 valence electrons. The number of hydrogen-bond acceptors (Lipinski definition) is 6. The van der Waals surface area contributed by atoms with E-state index >= 15 is 0 Å². The molecular weight excluding hydrogens is 436 g/mol. The number of nitrogens with zero attached hydrogens (tertiary/aromatic N) is 2. The minimum absolute atomic E-state index is 0.202. The summed E-state index contributed by atoms with van der Waals surface area (Å²) >= 11 is 0. The van der Waals surface area contributed by atoms with E-state index in [1.807, 2.05) is 0 Å².